The number of benzene rings is 1. The van der Waals surface area contributed by atoms with Gasteiger partial charge in [-0.05, 0) is 43.2 Å². The number of Topliss-reactive ketones (excluding diaryl/α,β-unsaturated/α-hetero) is 1. The van der Waals surface area contributed by atoms with Crippen LogP contribution in [0.3, 0.4) is 0 Å². The van der Waals surface area contributed by atoms with Gasteiger partial charge in [-0.2, -0.15) is 0 Å². The van der Waals surface area contributed by atoms with Gasteiger partial charge >= 0.3 is 5.97 Å². The molecule has 8 nitrogen and oxygen atoms in total. The Morgan fingerprint density at radius 3 is 2.71 bits per heavy atom. The van der Waals surface area contributed by atoms with Gasteiger partial charge in [0.1, 0.15) is 6.61 Å². The summed E-state index contributed by atoms with van der Waals surface area (Å²) in [5.41, 5.74) is 2.93. The summed E-state index contributed by atoms with van der Waals surface area (Å²) in [5.74, 6) is -1.11. The zero-order valence-electron chi connectivity index (χ0n) is 19.3. The molecule has 0 amide bonds. The van der Waals surface area contributed by atoms with Crippen LogP contribution >= 0.6 is 11.3 Å². The van der Waals surface area contributed by atoms with Gasteiger partial charge in [0, 0.05) is 58.8 Å². The van der Waals surface area contributed by atoms with Crippen LogP contribution in [0, 0.1) is 10.1 Å². The fourth-order valence-corrected chi connectivity index (χ4v) is 6.01. The molecule has 5 rings (SSSR count). The summed E-state index contributed by atoms with van der Waals surface area (Å²) < 4.78 is 11.2. The Morgan fingerprint density at radius 2 is 2.06 bits per heavy atom. The van der Waals surface area contributed by atoms with Crippen molar-refractivity contribution in [2.75, 3.05) is 13.2 Å². The van der Waals surface area contributed by atoms with E-state index in [0.717, 1.165) is 23.4 Å². The van der Waals surface area contributed by atoms with Crippen molar-refractivity contribution in [3.63, 3.8) is 0 Å². The fraction of sp³-hybridized carbons (Fsp3) is 0.385. The number of carbonyl (C=O) groups is 2. The van der Waals surface area contributed by atoms with Gasteiger partial charge in [0.2, 0.25) is 0 Å². The molecule has 0 unspecified atom stereocenters. The first-order chi connectivity index (χ1) is 16.9. The van der Waals surface area contributed by atoms with Gasteiger partial charge in [0.15, 0.2) is 5.78 Å². The van der Waals surface area contributed by atoms with E-state index in [1.807, 2.05) is 24.4 Å². The zero-order valence-corrected chi connectivity index (χ0v) is 20.1. The molecule has 0 spiro atoms. The number of non-ortho nitro benzene ring substituents is 1. The number of thiophene rings is 1. The SMILES string of the molecule is CC1=C(C(=O)OC[C@@H]2CCCO2)[C@H](c2ccc([N+](=O)[O-])cc2)C2=C(C[C@@H](c3cccs3)CC2=O)N1. The van der Waals surface area contributed by atoms with E-state index in [4.69, 9.17) is 9.47 Å². The number of hydrogen-bond acceptors (Lipinski definition) is 8. The van der Waals surface area contributed by atoms with Crippen LogP contribution in [0.15, 0.2) is 64.3 Å². The summed E-state index contributed by atoms with van der Waals surface area (Å²) in [4.78, 5) is 38.8. The van der Waals surface area contributed by atoms with Gasteiger partial charge < -0.3 is 14.8 Å². The maximum absolute atomic E-state index is 13.5. The number of nitro groups is 1. The normalized spacial score (nSPS) is 24.3. The number of rotatable bonds is 6. The van der Waals surface area contributed by atoms with Gasteiger partial charge in [-0.3, -0.25) is 14.9 Å². The second-order valence-electron chi connectivity index (χ2n) is 9.11. The molecule has 3 atom stereocenters. The standard InChI is InChI=1S/C26H26N2O6S/c1-15-23(26(30)34-14-19-4-2-10-33-19)24(16-6-8-18(9-7-16)28(31)32)25-20(27-15)12-17(13-21(25)29)22-5-3-11-35-22/h3,5-9,11,17,19,24,27H,2,4,10,12-14H2,1H3/t17-,19+,24+/m1/s1. The third-order valence-electron chi connectivity index (χ3n) is 6.85. The smallest absolute Gasteiger partial charge is 0.336 e. The Bertz CT molecular complexity index is 1210. The molecule has 3 heterocycles. The van der Waals surface area contributed by atoms with Crippen LogP contribution in [-0.2, 0) is 19.1 Å². The number of nitrogens with zero attached hydrogens (tertiary/aromatic N) is 1. The summed E-state index contributed by atoms with van der Waals surface area (Å²) in [7, 11) is 0. The molecule has 0 radical (unpaired) electrons. The lowest BCUT2D eigenvalue weighted by Gasteiger charge is -2.36. The monoisotopic (exact) mass is 494 g/mol. The third-order valence-corrected chi connectivity index (χ3v) is 7.89. The number of ether oxygens (including phenoxy) is 2. The molecule has 3 aliphatic rings. The molecule has 0 bridgehead atoms. The lowest BCUT2D eigenvalue weighted by molar-refractivity contribution is -0.384. The van der Waals surface area contributed by atoms with E-state index < -0.39 is 16.8 Å². The molecule has 1 aliphatic carbocycles. The van der Waals surface area contributed by atoms with E-state index in [1.165, 1.54) is 12.1 Å². The summed E-state index contributed by atoms with van der Waals surface area (Å²) in [6.07, 6.45) is 2.66. The van der Waals surface area contributed by atoms with Crippen LogP contribution in [-0.4, -0.2) is 36.0 Å². The van der Waals surface area contributed by atoms with Gasteiger partial charge in [-0.25, -0.2) is 4.79 Å². The summed E-state index contributed by atoms with van der Waals surface area (Å²) in [6, 6.07) is 10.1. The highest BCUT2D eigenvalue weighted by molar-refractivity contribution is 7.10. The van der Waals surface area contributed by atoms with Crippen LogP contribution in [0.2, 0.25) is 0 Å². The highest BCUT2D eigenvalue weighted by Crippen LogP contribution is 2.46. The summed E-state index contributed by atoms with van der Waals surface area (Å²) in [5, 5.41) is 16.5. The highest BCUT2D eigenvalue weighted by Gasteiger charge is 2.42. The molecule has 9 heteroatoms. The Labute approximate surface area is 206 Å². The van der Waals surface area contributed by atoms with Gasteiger partial charge in [-0.1, -0.05) is 18.2 Å². The number of carbonyl (C=O) groups excluding carboxylic acids is 2. The minimum Gasteiger partial charge on any atom is -0.459 e. The first-order valence-electron chi connectivity index (χ1n) is 11.7. The Morgan fingerprint density at radius 1 is 1.26 bits per heavy atom. The largest absolute Gasteiger partial charge is 0.459 e. The maximum atomic E-state index is 13.5. The number of allylic oxidation sites excluding steroid dienone is 3. The van der Waals surface area contributed by atoms with Crippen molar-refractivity contribution in [2.24, 2.45) is 0 Å². The molecule has 2 aromatic rings. The minimum absolute atomic E-state index is 0.0302. The lowest BCUT2D eigenvalue weighted by Crippen LogP contribution is -2.36. The Kier molecular flexibility index (Phi) is 6.53. The highest BCUT2D eigenvalue weighted by atomic mass is 32.1. The van der Waals surface area contributed by atoms with Crippen molar-refractivity contribution in [1.82, 2.24) is 5.32 Å². The quantitative estimate of drug-likeness (QED) is 0.351. The summed E-state index contributed by atoms with van der Waals surface area (Å²) >= 11 is 1.63. The molecule has 0 saturated carbocycles. The van der Waals surface area contributed by atoms with Crippen molar-refractivity contribution in [2.45, 2.75) is 50.5 Å². The van der Waals surface area contributed by atoms with Crippen molar-refractivity contribution in [1.29, 1.82) is 0 Å². The third kappa shape index (κ3) is 4.66. The van der Waals surface area contributed by atoms with E-state index in [9.17, 15) is 19.7 Å². The van der Waals surface area contributed by atoms with E-state index in [-0.39, 0.29) is 30.1 Å². The van der Waals surface area contributed by atoms with Crippen LogP contribution in [0.25, 0.3) is 0 Å². The second-order valence-corrected chi connectivity index (χ2v) is 10.1. The molecule has 182 valence electrons. The fourth-order valence-electron chi connectivity index (χ4n) is 5.18. The van der Waals surface area contributed by atoms with Crippen LogP contribution < -0.4 is 5.32 Å². The first kappa shape index (κ1) is 23.4. The molecular weight excluding hydrogens is 468 g/mol. The first-order valence-corrected chi connectivity index (χ1v) is 12.6. The van der Waals surface area contributed by atoms with Crippen LogP contribution in [0.5, 0.6) is 0 Å². The maximum Gasteiger partial charge on any atom is 0.336 e. The summed E-state index contributed by atoms with van der Waals surface area (Å²) in [6.45, 7) is 2.63. The number of ketones is 1. The number of nitrogens with one attached hydrogen (secondary N) is 1. The topological polar surface area (TPSA) is 108 Å². The molecule has 2 aliphatic heterocycles. The average molecular weight is 495 g/mol. The van der Waals surface area contributed by atoms with E-state index in [1.54, 1.807) is 23.5 Å². The van der Waals surface area contributed by atoms with Crippen molar-refractivity contribution < 1.29 is 24.0 Å². The predicted octanol–water partition coefficient (Wildman–Crippen LogP) is 4.74. The average Bonchev–Trinajstić information content (AvgIpc) is 3.56. The molecule has 35 heavy (non-hydrogen) atoms. The van der Waals surface area contributed by atoms with E-state index >= 15 is 0 Å². The lowest BCUT2D eigenvalue weighted by atomic mass is 9.72. The van der Waals surface area contributed by atoms with E-state index in [2.05, 4.69) is 5.32 Å². The number of hydrogen-bond donors (Lipinski definition) is 1. The predicted molar refractivity (Wildman–Crippen MR) is 130 cm³/mol. The van der Waals surface area contributed by atoms with Gasteiger partial charge in [0.25, 0.3) is 5.69 Å². The van der Waals surface area contributed by atoms with Crippen molar-refractivity contribution >= 4 is 28.8 Å². The molecule has 1 N–H and O–H groups in total. The zero-order chi connectivity index (χ0) is 24.5. The van der Waals surface area contributed by atoms with Gasteiger partial charge in [0.05, 0.1) is 16.6 Å². The Hall–Kier alpha value is -3.30. The number of esters is 1. The minimum atomic E-state index is -0.652. The van der Waals surface area contributed by atoms with Crippen molar-refractivity contribution in [3.8, 4) is 0 Å². The van der Waals surface area contributed by atoms with Gasteiger partial charge in [-0.15, -0.1) is 11.3 Å². The molecule has 1 fully saturated rings. The van der Waals surface area contributed by atoms with Crippen molar-refractivity contribution in [3.05, 3.63) is 84.9 Å². The van der Waals surface area contributed by atoms with Crippen LogP contribution in [0.1, 0.15) is 54.9 Å². The number of nitro benzene ring substituents is 1. The van der Waals surface area contributed by atoms with Crippen LogP contribution in [0.4, 0.5) is 5.69 Å². The molecule has 1 saturated heterocycles. The molecular formula is C26H26N2O6S. The molecule has 1 aromatic heterocycles. The van der Waals surface area contributed by atoms with E-state index in [0.29, 0.717) is 41.9 Å². The molecule has 1 aromatic carbocycles. The Balaban J connectivity index is 1.51. The number of dihydropyridines is 1. The second kappa shape index (κ2) is 9.75.